The molecule has 0 atom stereocenters. The van der Waals surface area contributed by atoms with E-state index in [-0.39, 0.29) is 11.4 Å². The van der Waals surface area contributed by atoms with Crippen molar-refractivity contribution < 1.29 is 9.53 Å². The highest BCUT2D eigenvalue weighted by Crippen LogP contribution is 2.52. The third kappa shape index (κ3) is 3.81. The molecule has 2 rings (SSSR count). The maximum atomic E-state index is 11.3. The van der Waals surface area contributed by atoms with Gasteiger partial charge in [-0.1, -0.05) is 0 Å². The van der Waals surface area contributed by atoms with Crippen LogP contribution in [0, 0.1) is 12.3 Å². The lowest BCUT2D eigenvalue weighted by molar-refractivity contribution is -0.141. The molecule has 0 saturated heterocycles. The molecule has 0 aliphatic heterocycles. The van der Waals surface area contributed by atoms with Gasteiger partial charge in [-0.05, 0) is 25.2 Å². The number of hydrogen-bond donors (Lipinski definition) is 2. The predicted octanol–water partition coefficient (Wildman–Crippen LogP) is 1.51. The second kappa shape index (κ2) is 5.75. The molecule has 1 saturated carbocycles. The summed E-state index contributed by atoms with van der Waals surface area (Å²) in [6.45, 7) is 1.83. The molecule has 0 radical (unpaired) electrons. The van der Waals surface area contributed by atoms with E-state index < -0.39 is 0 Å². The van der Waals surface area contributed by atoms with Gasteiger partial charge < -0.3 is 10.2 Å². The summed E-state index contributed by atoms with van der Waals surface area (Å²) in [6.07, 6.45) is 2.63. The smallest absolute Gasteiger partial charge is 0.306 e. The van der Waals surface area contributed by atoms with Crippen molar-refractivity contribution in [2.45, 2.75) is 31.2 Å². The van der Waals surface area contributed by atoms with E-state index >= 15 is 0 Å². The van der Waals surface area contributed by atoms with Crippen LogP contribution in [0.1, 0.15) is 25.1 Å². The lowest BCUT2D eigenvalue weighted by Gasteiger charge is -2.13. The zero-order valence-electron chi connectivity index (χ0n) is 11.1. The summed E-state index contributed by atoms with van der Waals surface area (Å²) < 4.78 is 4.73. The Labute approximate surface area is 116 Å². The minimum Gasteiger partial charge on any atom is -0.469 e. The van der Waals surface area contributed by atoms with E-state index in [1.807, 2.05) is 13.0 Å². The first-order valence-electron chi connectivity index (χ1n) is 6.09. The van der Waals surface area contributed by atoms with Gasteiger partial charge in [0, 0.05) is 11.8 Å². The Kier molecular flexibility index (Phi) is 4.26. The van der Waals surface area contributed by atoms with Gasteiger partial charge in [0.2, 0.25) is 0 Å². The number of rotatable bonds is 6. The number of hydrogen-bond acceptors (Lipinski definition) is 7. The summed E-state index contributed by atoms with van der Waals surface area (Å²) in [5, 5.41) is 0.872. The monoisotopic (exact) mass is 282 g/mol. The van der Waals surface area contributed by atoms with E-state index in [0.717, 1.165) is 23.6 Å². The normalized spacial score (nSPS) is 15.9. The van der Waals surface area contributed by atoms with E-state index in [1.54, 1.807) is 11.8 Å². The Bertz CT molecular complexity index is 477. The highest BCUT2D eigenvalue weighted by molar-refractivity contribution is 7.99. The maximum Gasteiger partial charge on any atom is 0.306 e. The van der Waals surface area contributed by atoms with Crippen LogP contribution in [0.5, 0.6) is 0 Å². The van der Waals surface area contributed by atoms with Gasteiger partial charge in [0.05, 0.1) is 13.5 Å². The predicted molar refractivity (Wildman–Crippen MR) is 73.6 cm³/mol. The number of aromatic nitrogens is 2. The van der Waals surface area contributed by atoms with Crippen LogP contribution in [-0.4, -0.2) is 28.8 Å². The number of anilines is 1. The molecule has 7 heteroatoms. The molecular formula is C12H18N4O2S. The highest BCUT2D eigenvalue weighted by atomic mass is 32.2. The van der Waals surface area contributed by atoms with Gasteiger partial charge in [0.1, 0.15) is 16.7 Å². The molecule has 104 valence electrons. The van der Waals surface area contributed by atoms with Gasteiger partial charge in [0.15, 0.2) is 0 Å². The van der Waals surface area contributed by atoms with Crippen LogP contribution < -0.4 is 11.3 Å². The van der Waals surface area contributed by atoms with Gasteiger partial charge >= 0.3 is 5.97 Å². The Morgan fingerprint density at radius 3 is 2.89 bits per heavy atom. The molecule has 1 aliphatic carbocycles. The van der Waals surface area contributed by atoms with E-state index in [0.29, 0.717) is 18.1 Å². The van der Waals surface area contributed by atoms with Gasteiger partial charge in [0.25, 0.3) is 0 Å². The molecule has 1 fully saturated rings. The summed E-state index contributed by atoms with van der Waals surface area (Å²) >= 11 is 1.63. The number of nitrogen functional groups attached to an aromatic ring is 1. The number of nitrogens with zero attached hydrogens (tertiary/aromatic N) is 2. The first-order chi connectivity index (χ1) is 9.07. The molecule has 6 nitrogen and oxygen atoms in total. The number of carbonyl (C=O) groups is 1. The van der Waals surface area contributed by atoms with E-state index in [2.05, 4.69) is 15.4 Å². The quantitative estimate of drug-likeness (QED) is 0.269. The number of nitrogens with two attached hydrogens (primary N) is 1. The van der Waals surface area contributed by atoms with Crippen molar-refractivity contribution in [1.29, 1.82) is 0 Å². The number of nitrogens with one attached hydrogen (secondary N) is 1. The van der Waals surface area contributed by atoms with E-state index in [4.69, 9.17) is 10.6 Å². The molecule has 3 N–H and O–H groups in total. The molecule has 19 heavy (non-hydrogen) atoms. The van der Waals surface area contributed by atoms with Crippen LogP contribution in [0.15, 0.2) is 11.1 Å². The fourth-order valence-corrected chi connectivity index (χ4v) is 3.08. The van der Waals surface area contributed by atoms with Gasteiger partial charge in [-0.2, -0.15) is 0 Å². The van der Waals surface area contributed by atoms with Crippen molar-refractivity contribution >= 4 is 23.5 Å². The first kappa shape index (κ1) is 14.1. The molecule has 0 bridgehead atoms. The van der Waals surface area contributed by atoms with Crippen molar-refractivity contribution in [1.82, 2.24) is 9.97 Å². The maximum absolute atomic E-state index is 11.3. The van der Waals surface area contributed by atoms with Crippen molar-refractivity contribution in [3.63, 3.8) is 0 Å². The van der Waals surface area contributed by atoms with Gasteiger partial charge in [-0.15, -0.1) is 11.8 Å². The lowest BCUT2D eigenvalue weighted by Crippen LogP contribution is -2.13. The van der Waals surface area contributed by atoms with Crippen LogP contribution in [0.4, 0.5) is 5.82 Å². The van der Waals surface area contributed by atoms with Crippen LogP contribution in [0.25, 0.3) is 0 Å². The Morgan fingerprint density at radius 1 is 1.58 bits per heavy atom. The summed E-state index contributed by atoms with van der Waals surface area (Å²) in [5.41, 5.74) is 2.61. The number of carbonyl (C=O) groups excluding carboxylic acids is 1. The number of methoxy groups -OCH3 is 1. The summed E-state index contributed by atoms with van der Waals surface area (Å²) in [4.78, 5) is 19.8. The Morgan fingerprint density at radius 2 is 2.32 bits per heavy atom. The van der Waals surface area contributed by atoms with Crippen molar-refractivity contribution in [3.05, 3.63) is 11.9 Å². The number of ether oxygens (including phenoxy) is 1. The number of thioether (sulfide) groups is 1. The minimum atomic E-state index is -0.138. The largest absolute Gasteiger partial charge is 0.469 e. The first-order valence-corrected chi connectivity index (χ1v) is 7.07. The number of esters is 1. The number of hydrazine groups is 1. The summed E-state index contributed by atoms with van der Waals surface area (Å²) in [7, 11) is 1.43. The third-order valence-corrected chi connectivity index (χ3v) is 4.45. The average molecular weight is 282 g/mol. The highest BCUT2D eigenvalue weighted by Gasteiger charge is 2.44. The summed E-state index contributed by atoms with van der Waals surface area (Å²) in [5.74, 6) is 7.36. The van der Waals surface area contributed by atoms with Crippen LogP contribution >= 0.6 is 11.8 Å². The molecule has 0 aromatic carbocycles. The van der Waals surface area contributed by atoms with Gasteiger partial charge in [-0.25, -0.2) is 15.8 Å². The van der Waals surface area contributed by atoms with E-state index in [9.17, 15) is 4.79 Å². The molecule has 0 spiro atoms. The molecule has 1 aliphatic rings. The zero-order chi connectivity index (χ0) is 13.9. The lowest BCUT2D eigenvalue weighted by atomic mass is 10.1. The molecule has 0 amide bonds. The second-order valence-corrected chi connectivity index (χ2v) is 5.82. The van der Waals surface area contributed by atoms with E-state index in [1.165, 1.54) is 7.11 Å². The fourth-order valence-electron chi connectivity index (χ4n) is 1.84. The molecule has 1 heterocycles. The SMILES string of the molecule is COC(=O)CC1(CSc2cc(NN)nc(C)n2)CC1. The standard InChI is InChI=1S/C12H18N4O2S/c1-8-14-9(16-13)5-10(15-8)19-7-12(3-4-12)6-11(17)18-2/h5H,3-4,6-7,13H2,1-2H3,(H,14,15,16). The molecule has 0 unspecified atom stereocenters. The molecule has 1 aromatic rings. The zero-order valence-corrected chi connectivity index (χ0v) is 11.9. The average Bonchev–Trinajstić information content (AvgIpc) is 3.16. The third-order valence-electron chi connectivity index (χ3n) is 3.19. The number of aryl methyl sites for hydroxylation is 1. The Balaban J connectivity index is 1.95. The van der Waals surface area contributed by atoms with Crippen LogP contribution in [0.2, 0.25) is 0 Å². The topological polar surface area (TPSA) is 90.1 Å². The van der Waals surface area contributed by atoms with Crippen molar-refractivity contribution in [3.8, 4) is 0 Å². The van der Waals surface area contributed by atoms with Crippen LogP contribution in [0.3, 0.4) is 0 Å². The second-order valence-electron chi connectivity index (χ2n) is 4.82. The van der Waals surface area contributed by atoms with Crippen LogP contribution in [-0.2, 0) is 9.53 Å². The van der Waals surface area contributed by atoms with Gasteiger partial charge in [-0.3, -0.25) is 4.79 Å². The molecular weight excluding hydrogens is 264 g/mol. The molecule has 1 aromatic heterocycles. The fraction of sp³-hybridized carbons (Fsp3) is 0.583. The van der Waals surface area contributed by atoms with Crippen molar-refractivity contribution in [2.75, 3.05) is 18.3 Å². The minimum absolute atomic E-state index is 0.0902. The van der Waals surface area contributed by atoms with Crippen molar-refractivity contribution in [2.24, 2.45) is 11.3 Å². The Hall–Kier alpha value is -1.34. The summed E-state index contributed by atoms with van der Waals surface area (Å²) in [6, 6.07) is 1.81.